The third-order valence-electron chi connectivity index (χ3n) is 4.60. The minimum atomic E-state index is -0.155. The SMILES string of the molecule is CCN1CCN(c2nc(C)cc(NCCc3ccccc3F)n2)CC1. The van der Waals surface area contributed by atoms with Crippen LogP contribution < -0.4 is 10.2 Å². The van der Waals surface area contributed by atoms with Crippen molar-refractivity contribution in [3.8, 4) is 0 Å². The molecule has 0 amide bonds. The summed E-state index contributed by atoms with van der Waals surface area (Å²) in [6, 6.07) is 8.83. The zero-order valence-electron chi connectivity index (χ0n) is 15.0. The number of nitrogens with zero attached hydrogens (tertiary/aromatic N) is 4. The van der Waals surface area contributed by atoms with E-state index in [1.165, 1.54) is 6.07 Å². The molecule has 0 bridgehead atoms. The predicted molar refractivity (Wildman–Crippen MR) is 99.7 cm³/mol. The van der Waals surface area contributed by atoms with Crippen molar-refractivity contribution in [2.45, 2.75) is 20.3 Å². The number of benzene rings is 1. The van der Waals surface area contributed by atoms with Crippen LogP contribution in [0.25, 0.3) is 0 Å². The second kappa shape index (κ2) is 8.25. The summed E-state index contributed by atoms with van der Waals surface area (Å²) in [4.78, 5) is 13.9. The number of halogens is 1. The van der Waals surface area contributed by atoms with Crippen LogP contribution in [0.4, 0.5) is 16.2 Å². The summed E-state index contributed by atoms with van der Waals surface area (Å²) in [5, 5.41) is 3.31. The summed E-state index contributed by atoms with van der Waals surface area (Å²) in [6.45, 7) is 9.89. The van der Waals surface area contributed by atoms with Gasteiger partial charge in [-0.3, -0.25) is 0 Å². The van der Waals surface area contributed by atoms with E-state index in [1.54, 1.807) is 6.07 Å². The maximum absolute atomic E-state index is 13.7. The molecule has 0 spiro atoms. The van der Waals surface area contributed by atoms with Crippen molar-refractivity contribution in [2.24, 2.45) is 0 Å². The monoisotopic (exact) mass is 343 g/mol. The van der Waals surface area contributed by atoms with Crippen molar-refractivity contribution < 1.29 is 4.39 Å². The van der Waals surface area contributed by atoms with Crippen LogP contribution in [0.2, 0.25) is 0 Å². The maximum atomic E-state index is 13.7. The first-order valence-electron chi connectivity index (χ1n) is 8.96. The van der Waals surface area contributed by atoms with Crippen molar-refractivity contribution in [3.05, 3.63) is 47.4 Å². The molecular weight excluding hydrogens is 317 g/mol. The molecule has 1 fully saturated rings. The molecule has 0 aliphatic carbocycles. The molecule has 3 rings (SSSR count). The van der Waals surface area contributed by atoms with E-state index in [1.807, 2.05) is 25.1 Å². The highest BCUT2D eigenvalue weighted by molar-refractivity contribution is 5.44. The van der Waals surface area contributed by atoms with Crippen LogP contribution in [0.15, 0.2) is 30.3 Å². The number of aromatic nitrogens is 2. The first-order chi connectivity index (χ1) is 12.2. The molecule has 0 saturated carbocycles. The van der Waals surface area contributed by atoms with Gasteiger partial charge in [0, 0.05) is 44.5 Å². The highest BCUT2D eigenvalue weighted by atomic mass is 19.1. The van der Waals surface area contributed by atoms with Crippen LogP contribution >= 0.6 is 0 Å². The smallest absolute Gasteiger partial charge is 0.227 e. The van der Waals surface area contributed by atoms with Gasteiger partial charge in [0.05, 0.1) is 0 Å². The van der Waals surface area contributed by atoms with Crippen LogP contribution in [0.5, 0.6) is 0 Å². The number of piperazine rings is 1. The summed E-state index contributed by atoms with van der Waals surface area (Å²) in [5.74, 6) is 1.43. The first-order valence-corrected chi connectivity index (χ1v) is 8.96. The molecule has 0 radical (unpaired) electrons. The molecule has 2 heterocycles. The highest BCUT2D eigenvalue weighted by Crippen LogP contribution is 2.16. The Morgan fingerprint density at radius 3 is 2.60 bits per heavy atom. The lowest BCUT2D eigenvalue weighted by atomic mass is 10.1. The van der Waals surface area contributed by atoms with Crippen molar-refractivity contribution >= 4 is 11.8 Å². The predicted octanol–water partition coefficient (Wildman–Crippen LogP) is 2.72. The van der Waals surface area contributed by atoms with Gasteiger partial charge in [-0.15, -0.1) is 0 Å². The molecule has 1 aromatic carbocycles. The van der Waals surface area contributed by atoms with Crippen LogP contribution in [0.3, 0.4) is 0 Å². The fourth-order valence-corrected chi connectivity index (χ4v) is 3.08. The Hall–Kier alpha value is -2.21. The van der Waals surface area contributed by atoms with Crippen LogP contribution in [-0.4, -0.2) is 54.1 Å². The van der Waals surface area contributed by atoms with Gasteiger partial charge < -0.3 is 15.1 Å². The maximum Gasteiger partial charge on any atom is 0.227 e. The average Bonchev–Trinajstić information content (AvgIpc) is 2.63. The first kappa shape index (κ1) is 17.6. The molecule has 1 aliphatic heterocycles. The molecule has 6 heteroatoms. The Kier molecular flexibility index (Phi) is 5.81. The molecule has 5 nitrogen and oxygen atoms in total. The lowest BCUT2D eigenvalue weighted by molar-refractivity contribution is 0.270. The minimum Gasteiger partial charge on any atom is -0.370 e. The zero-order chi connectivity index (χ0) is 17.6. The van der Waals surface area contributed by atoms with Gasteiger partial charge in [-0.2, -0.15) is 4.98 Å². The molecule has 0 atom stereocenters. The number of hydrogen-bond acceptors (Lipinski definition) is 5. The van der Waals surface area contributed by atoms with E-state index in [0.29, 0.717) is 13.0 Å². The van der Waals surface area contributed by atoms with Crippen LogP contribution in [0.1, 0.15) is 18.2 Å². The summed E-state index contributed by atoms with van der Waals surface area (Å²) in [7, 11) is 0. The van der Waals surface area contributed by atoms with Gasteiger partial charge in [-0.05, 0) is 31.5 Å². The standard InChI is InChI=1S/C19H26FN5/c1-3-24-10-12-25(13-11-24)19-22-15(2)14-18(23-19)21-9-8-16-6-4-5-7-17(16)20/h4-7,14H,3,8-13H2,1-2H3,(H,21,22,23). The number of likely N-dealkylation sites (N-methyl/N-ethyl adjacent to an activating group) is 1. The third-order valence-corrected chi connectivity index (χ3v) is 4.60. The van der Waals surface area contributed by atoms with Crippen molar-refractivity contribution in [3.63, 3.8) is 0 Å². The summed E-state index contributed by atoms with van der Waals surface area (Å²) in [6.07, 6.45) is 0.625. The zero-order valence-corrected chi connectivity index (χ0v) is 15.0. The third kappa shape index (κ3) is 4.66. The number of nitrogens with one attached hydrogen (secondary N) is 1. The number of anilines is 2. The van der Waals surface area contributed by atoms with Crippen molar-refractivity contribution in [2.75, 3.05) is 49.5 Å². The van der Waals surface area contributed by atoms with Gasteiger partial charge in [-0.25, -0.2) is 9.37 Å². The number of aryl methyl sites for hydroxylation is 1. The molecule has 1 aromatic heterocycles. The molecule has 1 aliphatic rings. The van der Waals surface area contributed by atoms with Crippen LogP contribution in [-0.2, 0) is 6.42 Å². The summed E-state index contributed by atoms with van der Waals surface area (Å²) < 4.78 is 13.7. The Morgan fingerprint density at radius 1 is 1.12 bits per heavy atom. The second-order valence-corrected chi connectivity index (χ2v) is 6.38. The van der Waals surface area contributed by atoms with E-state index >= 15 is 0 Å². The Labute approximate surface area is 148 Å². The fourth-order valence-electron chi connectivity index (χ4n) is 3.08. The highest BCUT2D eigenvalue weighted by Gasteiger charge is 2.18. The lowest BCUT2D eigenvalue weighted by Crippen LogP contribution is -2.46. The summed E-state index contributed by atoms with van der Waals surface area (Å²) in [5.41, 5.74) is 1.66. The molecule has 2 aromatic rings. The van der Waals surface area contributed by atoms with Gasteiger partial charge in [0.25, 0.3) is 0 Å². The van der Waals surface area contributed by atoms with Crippen LogP contribution in [0, 0.1) is 12.7 Å². The van der Waals surface area contributed by atoms with Gasteiger partial charge in [0.15, 0.2) is 0 Å². The molecule has 1 saturated heterocycles. The van der Waals surface area contributed by atoms with Crippen molar-refractivity contribution in [1.29, 1.82) is 0 Å². The molecule has 0 unspecified atom stereocenters. The molecular formula is C19H26FN5. The normalized spacial score (nSPS) is 15.4. The van der Waals surface area contributed by atoms with E-state index in [0.717, 1.165) is 55.7 Å². The molecule has 134 valence electrons. The van der Waals surface area contributed by atoms with Gasteiger partial charge >= 0.3 is 0 Å². The van der Waals surface area contributed by atoms with E-state index in [-0.39, 0.29) is 5.82 Å². The fraction of sp³-hybridized carbons (Fsp3) is 0.474. The largest absolute Gasteiger partial charge is 0.370 e. The number of rotatable bonds is 6. The topological polar surface area (TPSA) is 44.3 Å². The number of hydrogen-bond donors (Lipinski definition) is 1. The van der Waals surface area contributed by atoms with Crippen molar-refractivity contribution in [1.82, 2.24) is 14.9 Å². The van der Waals surface area contributed by atoms with E-state index < -0.39 is 0 Å². The second-order valence-electron chi connectivity index (χ2n) is 6.38. The Bertz CT molecular complexity index is 698. The Balaban J connectivity index is 1.61. The molecule has 1 N–H and O–H groups in total. The summed E-state index contributed by atoms with van der Waals surface area (Å²) >= 11 is 0. The van der Waals surface area contributed by atoms with Gasteiger partial charge in [-0.1, -0.05) is 25.1 Å². The van der Waals surface area contributed by atoms with E-state index in [9.17, 15) is 4.39 Å². The lowest BCUT2D eigenvalue weighted by Gasteiger charge is -2.34. The van der Waals surface area contributed by atoms with E-state index in [4.69, 9.17) is 0 Å². The Morgan fingerprint density at radius 2 is 1.88 bits per heavy atom. The van der Waals surface area contributed by atoms with Gasteiger partial charge in [0.2, 0.25) is 5.95 Å². The quantitative estimate of drug-likeness (QED) is 0.874. The van der Waals surface area contributed by atoms with Gasteiger partial charge in [0.1, 0.15) is 11.6 Å². The molecule has 25 heavy (non-hydrogen) atoms. The average molecular weight is 343 g/mol. The van der Waals surface area contributed by atoms with E-state index in [2.05, 4.69) is 32.0 Å². The minimum absolute atomic E-state index is 0.155.